The average Bonchev–Trinajstić information content (AvgIpc) is 3.03. The first-order valence-electron chi connectivity index (χ1n) is 6.63. The lowest BCUT2D eigenvalue weighted by Gasteiger charge is -2.17. The molecule has 106 valence electrons. The second-order valence-electron chi connectivity index (χ2n) is 5.29. The van der Waals surface area contributed by atoms with Crippen molar-refractivity contribution in [2.75, 3.05) is 0 Å². The number of halogens is 2. The molecule has 1 heterocycles. The second kappa shape index (κ2) is 5.35. The summed E-state index contributed by atoms with van der Waals surface area (Å²) in [6.07, 6.45) is 4.52. The van der Waals surface area contributed by atoms with E-state index in [9.17, 15) is 0 Å². The molecule has 1 aliphatic rings. The number of benzene rings is 1. The third-order valence-electron chi connectivity index (χ3n) is 3.75. The highest BCUT2D eigenvalue weighted by Gasteiger charge is 2.36. The minimum Gasteiger partial charge on any atom is -0.337 e. The minimum atomic E-state index is -0.449. The van der Waals surface area contributed by atoms with Gasteiger partial charge in [-0.15, -0.1) is 0 Å². The summed E-state index contributed by atoms with van der Waals surface area (Å²) < 4.78 is 5.33. The molecule has 3 rings (SSSR count). The Kier molecular flexibility index (Phi) is 3.71. The van der Waals surface area contributed by atoms with E-state index in [1.807, 2.05) is 6.07 Å². The van der Waals surface area contributed by atoms with Crippen LogP contribution in [0.5, 0.6) is 0 Å². The summed E-state index contributed by atoms with van der Waals surface area (Å²) in [5.74, 6) is 1.14. The van der Waals surface area contributed by atoms with Crippen molar-refractivity contribution in [1.82, 2.24) is 10.1 Å². The van der Waals surface area contributed by atoms with E-state index in [2.05, 4.69) is 10.1 Å². The Labute approximate surface area is 127 Å². The summed E-state index contributed by atoms with van der Waals surface area (Å²) >= 11 is 12.0. The number of aromatic nitrogens is 2. The van der Waals surface area contributed by atoms with Crippen LogP contribution >= 0.6 is 23.2 Å². The van der Waals surface area contributed by atoms with E-state index < -0.39 is 5.54 Å². The zero-order valence-corrected chi connectivity index (χ0v) is 12.4. The van der Waals surface area contributed by atoms with Crippen LogP contribution in [0.1, 0.15) is 43.0 Å². The maximum atomic E-state index is 6.30. The largest absolute Gasteiger partial charge is 0.337 e. The van der Waals surface area contributed by atoms with Crippen LogP contribution in [0.2, 0.25) is 10.0 Å². The zero-order chi connectivity index (χ0) is 14.2. The summed E-state index contributed by atoms with van der Waals surface area (Å²) in [5.41, 5.74) is 6.77. The topological polar surface area (TPSA) is 64.9 Å². The second-order valence-corrected chi connectivity index (χ2v) is 6.14. The van der Waals surface area contributed by atoms with Crippen molar-refractivity contribution in [2.24, 2.45) is 5.73 Å². The molecule has 2 aromatic rings. The molecular formula is C14H15Cl2N3O. The Hall–Kier alpha value is -1.10. The molecule has 0 radical (unpaired) electrons. The third kappa shape index (κ3) is 2.68. The maximum absolute atomic E-state index is 6.30. The van der Waals surface area contributed by atoms with Gasteiger partial charge in [-0.25, -0.2) is 0 Å². The van der Waals surface area contributed by atoms with E-state index >= 15 is 0 Å². The zero-order valence-electron chi connectivity index (χ0n) is 10.9. The monoisotopic (exact) mass is 311 g/mol. The van der Waals surface area contributed by atoms with E-state index in [4.69, 9.17) is 33.5 Å². The van der Waals surface area contributed by atoms with Crippen LogP contribution in [0.25, 0.3) is 0 Å². The maximum Gasteiger partial charge on any atom is 0.246 e. The highest BCUT2D eigenvalue weighted by molar-refractivity contribution is 6.35. The Morgan fingerprint density at radius 3 is 2.70 bits per heavy atom. The molecule has 0 amide bonds. The molecule has 1 aromatic heterocycles. The van der Waals surface area contributed by atoms with Crippen LogP contribution in [0, 0.1) is 0 Å². The lowest BCUT2D eigenvalue weighted by molar-refractivity contribution is 0.284. The number of hydrogen-bond acceptors (Lipinski definition) is 4. The fourth-order valence-corrected chi connectivity index (χ4v) is 3.06. The molecule has 0 spiro atoms. The van der Waals surface area contributed by atoms with Gasteiger partial charge in [0.2, 0.25) is 5.89 Å². The highest BCUT2D eigenvalue weighted by atomic mass is 35.5. The number of nitrogens with two attached hydrogens (primary N) is 1. The van der Waals surface area contributed by atoms with Crippen molar-refractivity contribution < 1.29 is 4.52 Å². The van der Waals surface area contributed by atoms with Gasteiger partial charge >= 0.3 is 0 Å². The summed E-state index contributed by atoms with van der Waals surface area (Å²) in [6, 6.07) is 5.38. The van der Waals surface area contributed by atoms with Gasteiger partial charge in [-0.05, 0) is 30.5 Å². The van der Waals surface area contributed by atoms with E-state index in [1.165, 1.54) is 0 Å². The molecule has 1 aromatic carbocycles. The lowest BCUT2D eigenvalue weighted by Crippen LogP contribution is -2.33. The van der Waals surface area contributed by atoms with Gasteiger partial charge in [0.05, 0.1) is 5.54 Å². The van der Waals surface area contributed by atoms with Gasteiger partial charge < -0.3 is 10.3 Å². The van der Waals surface area contributed by atoms with Gasteiger partial charge in [0.1, 0.15) is 0 Å². The van der Waals surface area contributed by atoms with Gasteiger partial charge in [-0.2, -0.15) is 4.98 Å². The summed E-state index contributed by atoms with van der Waals surface area (Å²) in [4.78, 5) is 4.43. The fraction of sp³-hybridized carbons (Fsp3) is 0.429. The third-order valence-corrected chi connectivity index (χ3v) is 4.34. The Morgan fingerprint density at radius 1 is 1.25 bits per heavy atom. The van der Waals surface area contributed by atoms with Crippen molar-refractivity contribution in [3.8, 4) is 0 Å². The summed E-state index contributed by atoms with van der Waals surface area (Å²) in [5, 5.41) is 5.22. The molecule has 4 nitrogen and oxygen atoms in total. The first-order valence-corrected chi connectivity index (χ1v) is 7.38. The van der Waals surface area contributed by atoms with Crippen LogP contribution < -0.4 is 5.73 Å². The van der Waals surface area contributed by atoms with Crippen molar-refractivity contribution in [1.29, 1.82) is 0 Å². The molecule has 1 fully saturated rings. The molecule has 0 atom stereocenters. The minimum absolute atomic E-state index is 0.449. The van der Waals surface area contributed by atoms with Gasteiger partial charge in [-0.3, -0.25) is 0 Å². The quantitative estimate of drug-likeness (QED) is 0.938. The van der Waals surface area contributed by atoms with Crippen molar-refractivity contribution in [3.63, 3.8) is 0 Å². The number of nitrogens with zero attached hydrogens (tertiary/aromatic N) is 2. The predicted octanol–water partition coefficient (Wildman–Crippen LogP) is 3.70. The van der Waals surface area contributed by atoms with Crippen LogP contribution in [-0.2, 0) is 12.0 Å². The van der Waals surface area contributed by atoms with Crippen LogP contribution in [0.3, 0.4) is 0 Å². The van der Waals surface area contributed by atoms with E-state index in [-0.39, 0.29) is 0 Å². The average molecular weight is 312 g/mol. The van der Waals surface area contributed by atoms with Crippen molar-refractivity contribution in [2.45, 2.75) is 37.6 Å². The van der Waals surface area contributed by atoms with Crippen molar-refractivity contribution in [3.05, 3.63) is 45.5 Å². The van der Waals surface area contributed by atoms with Gasteiger partial charge in [0.15, 0.2) is 5.82 Å². The van der Waals surface area contributed by atoms with Gasteiger partial charge in [0, 0.05) is 16.5 Å². The molecule has 20 heavy (non-hydrogen) atoms. The molecule has 0 saturated heterocycles. The number of rotatable bonds is 3. The Bertz CT molecular complexity index is 621. The van der Waals surface area contributed by atoms with Gasteiger partial charge in [-0.1, -0.05) is 47.3 Å². The Balaban J connectivity index is 1.80. The summed E-state index contributed by atoms with van der Waals surface area (Å²) in [7, 11) is 0. The van der Waals surface area contributed by atoms with Crippen LogP contribution in [0.4, 0.5) is 0 Å². The fourth-order valence-electron chi connectivity index (χ4n) is 2.58. The van der Waals surface area contributed by atoms with Crippen molar-refractivity contribution >= 4 is 23.2 Å². The van der Waals surface area contributed by atoms with Crippen LogP contribution in [0.15, 0.2) is 22.7 Å². The lowest BCUT2D eigenvalue weighted by atomic mass is 9.99. The molecule has 1 aliphatic carbocycles. The standard InChI is InChI=1S/C14H15Cl2N3O/c15-10-4-3-9(11(16)8-10)7-12-18-13(20-19-12)14(17)5-1-2-6-14/h3-4,8H,1-2,5-7,17H2. The molecule has 6 heteroatoms. The summed E-state index contributed by atoms with van der Waals surface area (Å²) in [6.45, 7) is 0. The van der Waals surface area contributed by atoms with E-state index in [0.29, 0.717) is 28.2 Å². The van der Waals surface area contributed by atoms with Crippen LogP contribution in [-0.4, -0.2) is 10.1 Å². The highest BCUT2D eigenvalue weighted by Crippen LogP contribution is 2.35. The Morgan fingerprint density at radius 2 is 2.00 bits per heavy atom. The molecule has 2 N–H and O–H groups in total. The predicted molar refractivity (Wildman–Crippen MR) is 77.9 cm³/mol. The van der Waals surface area contributed by atoms with Gasteiger partial charge in [0.25, 0.3) is 0 Å². The molecule has 0 aliphatic heterocycles. The number of hydrogen-bond donors (Lipinski definition) is 1. The molecule has 0 unspecified atom stereocenters. The normalized spacial score (nSPS) is 17.6. The van der Waals surface area contributed by atoms with E-state index in [0.717, 1.165) is 31.2 Å². The molecule has 1 saturated carbocycles. The smallest absolute Gasteiger partial charge is 0.246 e. The molecular weight excluding hydrogens is 297 g/mol. The first-order chi connectivity index (χ1) is 9.57. The SMILES string of the molecule is NC1(c2nc(Cc3ccc(Cl)cc3Cl)no2)CCCC1. The first kappa shape index (κ1) is 13.9. The molecule has 0 bridgehead atoms. The van der Waals surface area contributed by atoms with E-state index in [1.54, 1.807) is 12.1 Å².